The minimum absolute atomic E-state index is 0.963. The van der Waals surface area contributed by atoms with Crippen LogP contribution < -0.4 is 4.90 Å². The number of halogens is 1. The first-order chi connectivity index (χ1) is 9.24. The van der Waals surface area contributed by atoms with Gasteiger partial charge in [-0.15, -0.1) is 0 Å². The summed E-state index contributed by atoms with van der Waals surface area (Å²) < 4.78 is 1.08. The van der Waals surface area contributed by atoms with Gasteiger partial charge in [0, 0.05) is 17.6 Å². The number of pyridine rings is 1. The van der Waals surface area contributed by atoms with Gasteiger partial charge in [0.2, 0.25) is 0 Å². The number of anilines is 1. The molecule has 0 fully saturated rings. The zero-order valence-corrected chi connectivity index (χ0v) is 12.7. The highest BCUT2D eigenvalue weighted by Gasteiger charge is 2.15. The third kappa shape index (κ3) is 2.66. The summed E-state index contributed by atoms with van der Waals surface area (Å²) in [5.41, 5.74) is 3.97. The largest absolute Gasteiger partial charge is 0.352 e. The van der Waals surface area contributed by atoms with Crippen LogP contribution in [-0.4, -0.2) is 11.5 Å². The van der Waals surface area contributed by atoms with Crippen LogP contribution >= 0.6 is 15.9 Å². The van der Waals surface area contributed by atoms with E-state index in [1.54, 1.807) is 0 Å². The van der Waals surface area contributed by atoms with Gasteiger partial charge in [-0.25, -0.2) is 4.98 Å². The molecule has 0 spiro atoms. The SMILES string of the molecule is Cc1nc(N2CCCc3ccccc3C2)ccc1Br. The number of fused-ring (bicyclic) bond motifs is 1. The summed E-state index contributed by atoms with van der Waals surface area (Å²) in [5.74, 6) is 1.08. The van der Waals surface area contributed by atoms with E-state index in [2.05, 4.69) is 57.2 Å². The third-order valence-electron chi connectivity index (χ3n) is 3.68. The second kappa shape index (κ2) is 5.33. The van der Waals surface area contributed by atoms with Crippen LogP contribution in [0.4, 0.5) is 5.82 Å². The Kier molecular flexibility index (Phi) is 3.56. The van der Waals surface area contributed by atoms with Gasteiger partial charge in [-0.2, -0.15) is 0 Å². The lowest BCUT2D eigenvalue weighted by atomic mass is 10.0. The van der Waals surface area contributed by atoms with E-state index in [4.69, 9.17) is 4.98 Å². The molecular weight excluding hydrogens is 300 g/mol. The molecule has 1 aromatic heterocycles. The second-order valence-corrected chi connectivity index (χ2v) is 5.88. The normalized spacial score (nSPS) is 14.9. The number of aromatic nitrogens is 1. The van der Waals surface area contributed by atoms with E-state index in [0.29, 0.717) is 0 Å². The predicted octanol–water partition coefficient (Wildman–Crippen LogP) is 4.11. The summed E-state index contributed by atoms with van der Waals surface area (Å²) in [4.78, 5) is 7.07. The highest BCUT2D eigenvalue weighted by atomic mass is 79.9. The van der Waals surface area contributed by atoms with Crippen LogP contribution in [0, 0.1) is 6.92 Å². The highest BCUT2D eigenvalue weighted by Crippen LogP contribution is 2.24. The van der Waals surface area contributed by atoms with Crippen molar-refractivity contribution in [2.24, 2.45) is 0 Å². The van der Waals surface area contributed by atoms with E-state index in [1.807, 2.05) is 6.92 Å². The van der Waals surface area contributed by atoms with Crippen LogP contribution in [-0.2, 0) is 13.0 Å². The lowest BCUT2D eigenvalue weighted by Gasteiger charge is -2.22. The maximum Gasteiger partial charge on any atom is 0.129 e. The molecular formula is C16H17BrN2. The van der Waals surface area contributed by atoms with E-state index in [-0.39, 0.29) is 0 Å². The summed E-state index contributed by atoms with van der Waals surface area (Å²) in [6.45, 7) is 4.08. The fourth-order valence-electron chi connectivity index (χ4n) is 2.60. The van der Waals surface area contributed by atoms with Gasteiger partial charge >= 0.3 is 0 Å². The Hall–Kier alpha value is -1.35. The average molecular weight is 317 g/mol. The lowest BCUT2D eigenvalue weighted by Crippen LogP contribution is -2.23. The topological polar surface area (TPSA) is 16.1 Å². The van der Waals surface area contributed by atoms with Crippen LogP contribution in [0.2, 0.25) is 0 Å². The molecule has 1 aliphatic rings. The summed E-state index contributed by atoms with van der Waals surface area (Å²) in [5, 5.41) is 0. The maximum absolute atomic E-state index is 4.69. The van der Waals surface area contributed by atoms with Gasteiger partial charge in [-0.05, 0) is 59.0 Å². The fraction of sp³-hybridized carbons (Fsp3) is 0.312. The van der Waals surface area contributed by atoms with Gasteiger partial charge < -0.3 is 4.90 Å². The summed E-state index contributed by atoms with van der Waals surface area (Å²) in [6, 6.07) is 12.9. The van der Waals surface area contributed by atoms with Crippen molar-refractivity contribution in [2.75, 3.05) is 11.4 Å². The van der Waals surface area contributed by atoms with Crippen molar-refractivity contribution in [2.45, 2.75) is 26.3 Å². The van der Waals surface area contributed by atoms with E-state index in [0.717, 1.165) is 29.1 Å². The standard InChI is InChI=1S/C16H17BrN2/c1-12-15(17)8-9-16(18-12)19-10-4-7-13-5-2-3-6-14(13)11-19/h2-3,5-6,8-9H,4,7,10-11H2,1H3. The quantitative estimate of drug-likeness (QED) is 0.787. The number of rotatable bonds is 1. The summed E-state index contributed by atoms with van der Waals surface area (Å²) >= 11 is 3.51. The Morgan fingerprint density at radius 1 is 1.11 bits per heavy atom. The molecule has 19 heavy (non-hydrogen) atoms. The number of hydrogen-bond donors (Lipinski definition) is 0. The molecule has 1 aliphatic heterocycles. The summed E-state index contributed by atoms with van der Waals surface area (Å²) in [7, 11) is 0. The molecule has 0 amide bonds. The molecule has 0 radical (unpaired) electrons. The Balaban J connectivity index is 1.92. The van der Waals surface area contributed by atoms with E-state index in [9.17, 15) is 0 Å². The second-order valence-electron chi connectivity index (χ2n) is 5.03. The minimum atomic E-state index is 0.963. The molecule has 0 unspecified atom stereocenters. The number of hydrogen-bond acceptors (Lipinski definition) is 2. The molecule has 0 N–H and O–H groups in total. The Morgan fingerprint density at radius 3 is 2.68 bits per heavy atom. The molecule has 1 aromatic carbocycles. The predicted molar refractivity (Wildman–Crippen MR) is 82.5 cm³/mol. The monoisotopic (exact) mass is 316 g/mol. The molecule has 0 aliphatic carbocycles. The van der Waals surface area contributed by atoms with Crippen molar-refractivity contribution in [3.05, 3.63) is 57.7 Å². The zero-order chi connectivity index (χ0) is 13.2. The smallest absolute Gasteiger partial charge is 0.129 e. The molecule has 0 saturated carbocycles. The van der Waals surface area contributed by atoms with Crippen LogP contribution in [0.1, 0.15) is 23.2 Å². The van der Waals surface area contributed by atoms with Crippen molar-refractivity contribution in [1.82, 2.24) is 4.98 Å². The van der Waals surface area contributed by atoms with Gasteiger partial charge in [0.25, 0.3) is 0 Å². The van der Waals surface area contributed by atoms with Crippen molar-refractivity contribution < 1.29 is 0 Å². The van der Waals surface area contributed by atoms with Gasteiger partial charge in [-0.3, -0.25) is 0 Å². The van der Waals surface area contributed by atoms with Crippen LogP contribution in [0.5, 0.6) is 0 Å². The minimum Gasteiger partial charge on any atom is -0.352 e. The molecule has 0 saturated heterocycles. The Bertz CT molecular complexity index is 595. The summed E-state index contributed by atoms with van der Waals surface area (Å²) in [6.07, 6.45) is 2.36. The molecule has 0 atom stereocenters. The van der Waals surface area contributed by atoms with Crippen molar-refractivity contribution >= 4 is 21.7 Å². The molecule has 2 nitrogen and oxygen atoms in total. The first kappa shape index (κ1) is 12.7. The third-order valence-corrected chi connectivity index (χ3v) is 4.52. The van der Waals surface area contributed by atoms with Gasteiger partial charge in [0.1, 0.15) is 5.82 Å². The lowest BCUT2D eigenvalue weighted by molar-refractivity contribution is 0.753. The van der Waals surface area contributed by atoms with Gasteiger partial charge in [0.15, 0.2) is 0 Å². The van der Waals surface area contributed by atoms with Crippen molar-refractivity contribution in [3.63, 3.8) is 0 Å². The zero-order valence-electron chi connectivity index (χ0n) is 11.1. The van der Waals surface area contributed by atoms with Gasteiger partial charge in [-0.1, -0.05) is 24.3 Å². The average Bonchev–Trinajstić information content (AvgIpc) is 2.64. The van der Waals surface area contributed by atoms with Crippen molar-refractivity contribution in [1.29, 1.82) is 0 Å². The number of nitrogens with zero attached hydrogens (tertiary/aromatic N) is 2. The Morgan fingerprint density at radius 2 is 1.89 bits per heavy atom. The van der Waals surface area contributed by atoms with Crippen LogP contribution in [0.3, 0.4) is 0 Å². The molecule has 0 bridgehead atoms. The molecule has 2 aromatic rings. The number of benzene rings is 1. The number of aryl methyl sites for hydroxylation is 2. The van der Waals surface area contributed by atoms with Crippen molar-refractivity contribution in [3.8, 4) is 0 Å². The first-order valence-electron chi connectivity index (χ1n) is 6.69. The first-order valence-corrected chi connectivity index (χ1v) is 7.48. The molecule has 2 heterocycles. The van der Waals surface area contributed by atoms with E-state index in [1.165, 1.54) is 24.0 Å². The Labute approximate surface area is 122 Å². The fourth-order valence-corrected chi connectivity index (χ4v) is 2.82. The highest BCUT2D eigenvalue weighted by molar-refractivity contribution is 9.10. The van der Waals surface area contributed by atoms with Crippen LogP contribution in [0.15, 0.2) is 40.9 Å². The van der Waals surface area contributed by atoms with E-state index >= 15 is 0 Å². The van der Waals surface area contributed by atoms with Gasteiger partial charge in [0.05, 0.1) is 5.69 Å². The van der Waals surface area contributed by atoms with Crippen LogP contribution in [0.25, 0.3) is 0 Å². The maximum atomic E-state index is 4.69. The molecule has 3 heteroatoms. The molecule has 3 rings (SSSR count). The van der Waals surface area contributed by atoms with E-state index < -0.39 is 0 Å². The molecule has 98 valence electrons.